The molecular formula is C13H10ClN3S. The van der Waals surface area contributed by atoms with Crippen LogP contribution in [0.1, 0.15) is 0 Å². The molecule has 0 spiro atoms. The molecule has 18 heavy (non-hydrogen) atoms. The zero-order chi connectivity index (χ0) is 12.5. The van der Waals surface area contributed by atoms with E-state index < -0.39 is 0 Å². The number of rotatable bonds is 2. The summed E-state index contributed by atoms with van der Waals surface area (Å²) in [5.41, 5.74) is 1.18. The van der Waals surface area contributed by atoms with E-state index in [0.29, 0.717) is 0 Å². The van der Waals surface area contributed by atoms with Gasteiger partial charge in [-0.1, -0.05) is 30.3 Å². The lowest BCUT2D eigenvalue weighted by Crippen LogP contribution is -1.94. The van der Waals surface area contributed by atoms with Gasteiger partial charge in [-0.3, -0.25) is 0 Å². The molecule has 0 bridgehead atoms. The summed E-state index contributed by atoms with van der Waals surface area (Å²) < 4.78 is 0. The number of nitrogens with one attached hydrogen (secondary N) is 1. The average Bonchev–Trinajstić information content (AvgIpc) is 2.82. The summed E-state index contributed by atoms with van der Waals surface area (Å²) in [6.45, 7) is 0. The van der Waals surface area contributed by atoms with E-state index in [2.05, 4.69) is 33.5 Å². The van der Waals surface area contributed by atoms with E-state index in [0.717, 1.165) is 16.0 Å². The van der Waals surface area contributed by atoms with Crippen molar-refractivity contribution in [2.45, 2.75) is 0 Å². The van der Waals surface area contributed by atoms with Crippen molar-refractivity contribution in [2.24, 2.45) is 0 Å². The van der Waals surface area contributed by atoms with Gasteiger partial charge in [-0.25, -0.2) is 9.97 Å². The highest BCUT2D eigenvalue weighted by Crippen LogP contribution is 2.35. The highest BCUT2D eigenvalue weighted by molar-refractivity contribution is 7.21. The van der Waals surface area contributed by atoms with Crippen LogP contribution in [0, 0.1) is 0 Å². The van der Waals surface area contributed by atoms with Crippen molar-refractivity contribution in [3.05, 3.63) is 41.7 Å². The second-order valence-electron chi connectivity index (χ2n) is 3.79. The van der Waals surface area contributed by atoms with Gasteiger partial charge < -0.3 is 5.32 Å². The first-order valence-corrected chi connectivity index (χ1v) is 6.67. The number of aromatic nitrogens is 2. The number of nitrogens with zero attached hydrogens (tertiary/aromatic N) is 2. The second kappa shape index (κ2) is 4.55. The molecule has 3 nitrogen and oxygen atoms in total. The van der Waals surface area contributed by atoms with Crippen molar-refractivity contribution < 1.29 is 0 Å². The van der Waals surface area contributed by atoms with Crippen molar-refractivity contribution in [3.63, 3.8) is 0 Å². The number of halogens is 1. The molecule has 5 heteroatoms. The third kappa shape index (κ3) is 1.94. The molecular weight excluding hydrogens is 266 g/mol. The Bertz CT molecular complexity index is 694. The predicted octanol–water partition coefficient (Wildman–Crippen LogP) is 4.05. The number of hydrogen-bond acceptors (Lipinski definition) is 4. The minimum atomic E-state index is 0.272. The molecule has 0 aliphatic rings. The molecule has 3 aromatic rings. The molecule has 0 aliphatic carbocycles. The van der Waals surface area contributed by atoms with Crippen molar-refractivity contribution in [1.29, 1.82) is 0 Å². The zero-order valence-corrected chi connectivity index (χ0v) is 11.2. The first kappa shape index (κ1) is 11.4. The largest absolute Gasteiger partial charge is 0.372 e. The normalized spacial score (nSPS) is 10.8. The topological polar surface area (TPSA) is 37.8 Å². The van der Waals surface area contributed by atoms with Gasteiger partial charge in [0, 0.05) is 11.9 Å². The summed E-state index contributed by atoms with van der Waals surface area (Å²) in [5.74, 6) is 0.767. The maximum absolute atomic E-state index is 5.90. The lowest BCUT2D eigenvalue weighted by Gasteiger charge is -1.99. The van der Waals surface area contributed by atoms with Crippen LogP contribution in [0.5, 0.6) is 0 Å². The lowest BCUT2D eigenvalue weighted by atomic mass is 10.2. The van der Waals surface area contributed by atoms with Gasteiger partial charge in [0.05, 0.1) is 5.39 Å². The Hall–Kier alpha value is -1.65. The third-order valence-electron chi connectivity index (χ3n) is 2.66. The van der Waals surface area contributed by atoms with Crippen LogP contribution in [0.4, 0.5) is 5.82 Å². The molecule has 1 aromatic carbocycles. The maximum Gasteiger partial charge on any atom is 0.225 e. The van der Waals surface area contributed by atoms with Crippen LogP contribution in [-0.2, 0) is 0 Å². The fraction of sp³-hybridized carbons (Fsp3) is 0.0769. The second-order valence-corrected chi connectivity index (χ2v) is 5.16. The van der Waals surface area contributed by atoms with Gasteiger partial charge in [-0.15, -0.1) is 11.3 Å². The molecule has 90 valence electrons. The molecule has 2 aromatic heterocycles. The van der Waals surface area contributed by atoms with E-state index in [4.69, 9.17) is 11.6 Å². The average molecular weight is 276 g/mol. The molecule has 0 amide bonds. The van der Waals surface area contributed by atoms with Crippen molar-refractivity contribution in [1.82, 2.24) is 9.97 Å². The molecule has 0 atom stereocenters. The fourth-order valence-corrected chi connectivity index (χ4v) is 3.09. The number of fused-ring (bicyclic) bond motifs is 1. The number of thiophene rings is 1. The van der Waals surface area contributed by atoms with E-state index >= 15 is 0 Å². The van der Waals surface area contributed by atoms with Gasteiger partial charge in [0.25, 0.3) is 0 Å². The van der Waals surface area contributed by atoms with Crippen molar-refractivity contribution >= 4 is 39.0 Å². The van der Waals surface area contributed by atoms with E-state index in [1.165, 1.54) is 10.4 Å². The molecule has 1 N–H and O–H groups in total. The number of hydrogen-bond donors (Lipinski definition) is 1. The van der Waals surface area contributed by atoms with Crippen LogP contribution in [0.15, 0.2) is 36.4 Å². The Kier molecular flexibility index (Phi) is 2.89. The van der Waals surface area contributed by atoms with E-state index in [9.17, 15) is 0 Å². The SMILES string of the molecule is CNc1nc(Cl)nc2sc(-c3ccccc3)cc12. The molecule has 0 saturated carbocycles. The van der Waals surface area contributed by atoms with Gasteiger partial charge >= 0.3 is 0 Å². The summed E-state index contributed by atoms with van der Waals surface area (Å²) in [6, 6.07) is 12.3. The maximum atomic E-state index is 5.90. The third-order valence-corrected chi connectivity index (χ3v) is 3.91. The van der Waals surface area contributed by atoms with Crippen LogP contribution in [0.2, 0.25) is 5.28 Å². The molecule has 0 radical (unpaired) electrons. The number of anilines is 1. The van der Waals surface area contributed by atoms with Gasteiger partial charge in [-0.2, -0.15) is 0 Å². The van der Waals surface area contributed by atoms with Crippen LogP contribution in [0.3, 0.4) is 0 Å². The lowest BCUT2D eigenvalue weighted by molar-refractivity contribution is 1.22. The van der Waals surface area contributed by atoms with Gasteiger partial charge in [0.1, 0.15) is 10.6 Å². The monoisotopic (exact) mass is 275 g/mol. The molecule has 3 rings (SSSR count). The highest BCUT2D eigenvalue weighted by atomic mass is 35.5. The quantitative estimate of drug-likeness (QED) is 0.717. The van der Waals surface area contributed by atoms with Crippen molar-refractivity contribution in [2.75, 3.05) is 12.4 Å². The van der Waals surface area contributed by atoms with Gasteiger partial charge in [0.15, 0.2) is 0 Å². The standard InChI is InChI=1S/C13H10ClN3S/c1-15-11-9-7-10(8-5-3-2-4-6-8)18-12(9)17-13(14)16-11/h2-7H,1H3,(H,15,16,17). The Morgan fingerprint density at radius 1 is 1.17 bits per heavy atom. The van der Waals surface area contributed by atoms with Crippen LogP contribution in [0.25, 0.3) is 20.7 Å². The van der Waals surface area contributed by atoms with Crippen LogP contribution >= 0.6 is 22.9 Å². The minimum Gasteiger partial charge on any atom is -0.372 e. The summed E-state index contributed by atoms with van der Waals surface area (Å²) in [4.78, 5) is 10.5. The van der Waals surface area contributed by atoms with E-state index in [-0.39, 0.29) is 5.28 Å². The molecule has 2 heterocycles. The smallest absolute Gasteiger partial charge is 0.225 e. The summed E-state index contributed by atoms with van der Waals surface area (Å²) in [6.07, 6.45) is 0. The van der Waals surface area contributed by atoms with E-state index in [1.54, 1.807) is 11.3 Å². The molecule has 0 fully saturated rings. The summed E-state index contributed by atoms with van der Waals surface area (Å²) >= 11 is 7.52. The fourth-order valence-electron chi connectivity index (χ4n) is 1.83. The summed E-state index contributed by atoms with van der Waals surface area (Å²) in [5, 5.41) is 4.32. The minimum absolute atomic E-state index is 0.272. The Labute approximate surface area is 113 Å². The number of benzene rings is 1. The molecule has 0 unspecified atom stereocenters. The predicted molar refractivity (Wildman–Crippen MR) is 77.4 cm³/mol. The van der Waals surface area contributed by atoms with Crippen molar-refractivity contribution in [3.8, 4) is 10.4 Å². The zero-order valence-electron chi connectivity index (χ0n) is 9.64. The summed E-state index contributed by atoms with van der Waals surface area (Å²) in [7, 11) is 1.83. The highest BCUT2D eigenvalue weighted by Gasteiger charge is 2.10. The van der Waals surface area contributed by atoms with Gasteiger partial charge in [-0.05, 0) is 23.2 Å². The Morgan fingerprint density at radius 2 is 1.94 bits per heavy atom. The van der Waals surface area contributed by atoms with E-state index in [1.807, 2.05) is 25.2 Å². The first-order valence-electron chi connectivity index (χ1n) is 5.48. The molecule has 0 saturated heterocycles. The van der Waals surface area contributed by atoms with Crippen LogP contribution in [-0.4, -0.2) is 17.0 Å². The molecule has 0 aliphatic heterocycles. The van der Waals surface area contributed by atoms with Gasteiger partial charge in [0.2, 0.25) is 5.28 Å². The van der Waals surface area contributed by atoms with Crippen LogP contribution < -0.4 is 5.32 Å². The Morgan fingerprint density at radius 3 is 2.67 bits per heavy atom. The first-order chi connectivity index (χ1) is 8.78. The Balaban J connectivity index is 2.23.